The van der Waals surface area contributed by atoms with Crippen molar-refractivity contribution in [1.29, 1.82) is 0 Å². The van der Waals surface area contributed by atoms with Crippen LogP contribution >= 0.6 is 0 Å². The van der Waals surface area contributed by atoms with Gasteiger partial charge < -0.3 is 11.1 Å². The number of amides is 1. The molecular weight excluding hydrogens is 212 g/mol. The summed E-state index contributed by atoms with van der Waals surface area (Å²) < 4.78 is 11.7. The lowest BCUT2D eigenvalue weighted by atomic mass is 10.3. The maximum absolute atomic E-state index is 11.7. The van der Waals surface area contributed by atoms with Crippen LogP contribution in [0.5, 0.6) is 0 Å². The van der Waals surface area contributed by atoms with Crippen LogP contribution in [-0.4, -0.2) is 22.9 Å². The van der Waals surface area contributed by atoms with Crippen molar-refractivity contribution < 1.29 is 9.00 Å². The average Bonchev–Trinajstić information content (AvgIpc) is 2.26. The summed E-state index contributed by atoms with van der Waals surface area (Å²) in [6, 6.07) is 6.84. The molecule has 0 fully saturated rings. The van der Waals surface area contributed by atoms with Gasteiger partial charge in [0.05, 0.1) is 10.8 Å². The topological polar surface area (TPSA) is 72.2 Å². The summed E-state index contributed by atoms with van der Waals surface area (Å²) in [5.41, 5.74) is 6.15. The molecule has 3 N–H and O–H groups in total. The summed E-state index contributed by atoms with van der Waals surface area (Å²) in [5.74, 6) is 0.239. The molecule has 0 spiro atoms. The van der Waals surface area contributed by atoms with Crippen LogP contribution < -0.4 is 11.1 Å². The Labute approximate surface area is 91.3 Å². The number of nitrogens with two attached hydrogens (primary N) is 1. The van der Waals surface area contributed by atoms with Gasteiger partial charge in [0.15, 0.2) is 0 Å². The van der Waals surface area contributed by atoms with Crippen molar-refractivity contribution in [3.8, 4) is 0 Å². The number of hydrogen-bond donors (Lipinski definition) is 2. The maximum atomic E-state index is 11.7. The van der Waals surface area contributed by atoms with Crippen LogP contribution in [0.4, 0.5) is 5.69 Å². The molecule has 0 bridgehead atoms. The van der Waals surface area contributed by atoms with E-state index >= 15 is 0 Å². The Hall–Kier alpha value is -1.36. The van der Waals surface area contributed by atoms with Gasteiger partial charge in [0.2, 0.25) is 5.91 Å². The number of rotatable bonds is 4. The third-order valence-corrected chi connectivity index (χ3v) is 3.31. The third kappa shape index (κ3) is 3.71. The Balaban J connectivity index is 2.54. The monoisotopic (exact) mass is 226 g/mol. The van der Waals surface area contributed by atoms with E-state index in [1.54, 1.807) is 31.3 Å². The molecule has 0 radical (unpaired) electrons. The molecule has 0 saturated heterocycles. The number of hydrogen-bond acceptors (Lipinski definition) is 3. The zero-order valence-electron chi connectivity index (χ0n) is 8.53. The first kappa shape index (κ1) is 11.7. The van der Waals surface area contributed by atoms with Crippen molar-refractivity contribution in [2.75, 3.05) is 18.5 Å². The highest BCUT2D eigenvalue weighted by Gasteiger charge is 2.06. The lowest BCUT2D eigenvalue weighted by molar-refractivity contribution is -0.120. The highest BCUT2D eigenvalue weighted by molar-refractivity contribution is 7.85. The molecule has 82 valence electrons. The predicted molar refractivity (Wildman–Crippen MR) is 60.8 cm³/mol. The smallest absolute Gasteiger partial charge is 0.220 e. The Morgan fingerprint density at radius 3 is 2.53 bits per heavy atom. The van der Waals surface area contributed by atoms with Gasteiger partial charge in [0.1, 0.15) is 0 Å². The van der Waals surface area contributed by atoms with E-state index in [1.807, 2.05) is 0 Å². The Bertz CT molecular complexity index is 362. The van der Waals surface area contributed by atoms with Crippen molar-refractivity contribution in [1.82, 2.24) is 5.32 Å². The number of anilines is 1. The Kier molecular flexibility index (Phi) is 4.30. The fraction of sp³-hybridized carbons (Fsp3) is 0.300. The van der Waals surface area contributed by atoms with Gasteiger partial charge in [0, 0.05) is 29.8 Å². The summed E-state index contributed by atoms with van der Waals surface area (Å²) in [6.45, 7) is 0. The molecule has 0 saturated carbocycles. The lowest BCUT2D eigenvalue weighted by Gasteiger charge is -2.02. The molecule has 1 rings (SSSR count). The van der Waals surface area contributed by atoms with Crippen molar-refractivity contribution in [3.63, 3.8) is 0 Å². The molecule has 5 heteroatoms. The summed E-state index contributed by atoms with van der Waals surface area (Å²) in [5, 5.41) is 2.49. The molecule has 1 aromatic carbocycles. The fourth-order valence-electron chi connectivity index (χ4n) is 1.05. The van der Waals surface area contributed by atoms with Gasteiger partial charge in [-0.25, -0.2) is 0 Å². The van der Waals surface area contributed by atoms with Crippen molar-refractivity contribution in [2.45, 2.75) is 11.3 Å². The van der Waals surface area contributed by atoms with E-state index < -0.39 is 10.8 Å². The fourth-order valence-corrected chi connectivity index (χ4v) is 2.09. The van der Waals surface area contributed by atoms with E-state index in [2.05, 4.69) is 5.32 Å². The van der Waals surface area contributed by atoms with Crippen molar-refractivity contribution in [3.05, 3.63) is 24.3 Å². The second kappa shape index (κ2) is 5.50. The zero-order chi connectivity index (χ0) is 11.3. The SMILES string of the molecule is CNC(=O)CCS(=O)c1ccc(N)cc1. The average molecular weight is 226 g/mol. The highest BCUT2D eigenvalue weighted by Crippen LogP contribution is 2.10. The van der Waals surface area contributed by atoms with Crippen molar-refractivity contribution >= 4 is 22.4 Å². The minimum Gasteiger partial charge on any atom is -0.399 e. The minimum absolute atomic E-state index is 0.0983. The number of benzene rings is 1. The Morgan fingerprint density at radius 1 is 1.40 bits per heavy atom. The molecule has 0 aliphatic carbocycles. The van der Waals surface area contributed by atoms with Crippen LogP contribution in [0.25, 0.3) is 0 Å². The Morgan fingerprint density at radius 2 is 2.00 bits per heavy atom. The van der Waals surface area contributed by atoms with Crippen LogP contribution in [0.2, 0.25) is 0 Å². The molecule has 15 heavy (non-hydrogen) atoms. The first-order valence-corrected chi connectivity index (χ1v) is 5.90. The maximum Gasteiger partial charge on any atom is 0.220 e. The van der Waals surface area contributed by atoms with Crippen LogP contribution in [-0.2, 0) is 15.6 Å². The van der Waals surface area contributed by atoms with Gasteiger partial charge in [-0.2, -0.15) is 0 Å². The summed E-state index contributed by atoms with van der Waals surface area (Å²) >= 11 is 0. The largest absolute Gasteiger partial charge is 0.399 e. The van der Waals surface area contributed by atoms with E-state index in [9.17, 15) is 9.00 Å². The quantitative estimate of drug-likeness (QED) is 0.735. The number of nitrogens with one attached hydrogen (secondary N) is 1. The van der Waals surface area contributed by atoms with Crippen molar-refractivity contribution in [2.24, 2.45) is 0 Å². The van der Waals surface area contributed by atoms with E-state index in [1.165, 1.54) is 0 Å². The highest BCUT2D eigenvalue weighted by atomic mass is 32.2. The predicted octanol–water partition coefficient (Wildman–Crippen LogP) is 0.512. The molecule has 0 aromatic heterocycles. The van der Waals surface area contributed by atoms with Gasteiger partial charge >= 0.3 is 0 Å². The van der Waals surface area contributed by atoms with E-state index in [4.69, 9.17) is 5.73 Å². The minimum atomic E-state index is -1.13. The normalized spacial score (nSPS) is 12.1. The van der Waals surface area contributed by atoms with Crippen LogP contribution in [0.1, 0.15) is 6.42 Å². The van der Waals surface area contributed by atoms with Crippen LogP contribution in [0.3, 0.4) is 0 Å². The second-order valence-electron chi connectivity index (χ2n) is 3.04. The number of carbonyl (C=O) groups excluding carboxylic acids is 1. The number of carbonyl (C=O) groups is 1. The van der Waals surface area contributed by atoms with Gasteiger partial charge in [0.25, 0.3) is 0 Å². The molecule has 0 aliphatic heterocycles. The van der Waals surface area contributed by atoms with Crippen LogP contribution in [0, 0.1) is 0 Å². The van der Waals surface area contributed by atoms with E-state index in [0.717, 1.165) is 0 Å². The van der Waals surface area contributed by atoms with Gasteiger partial charge in [-0.15, -0.1) is 0 Å². The summed E-state index contributed by atoms with van der Waals surface area (Å²) in [6.07, 6.45) is 0.271. The molecule has 1 unspecified atom stereocenters. The molecule has 1 atom stereocenters. The first-order chi connectivity index (χ1) is 7.13. The standard InChI is InChI=1S/C10H14N2O2S/c1-12-10(13)6-7-15(14)9-4-2-8(11)3-5-9/h2-5H,6-7,11H2,1H3,(H,12,13). The first-order valence-electron chi connectivity index (χ1n) is 4.58. The summed E-state index contributed by atoms with van der Waals surface area (Å²) in [4.78, 5) is 11.6. The van der Waals surface area contributed by atoms with Gasteiger partial charge in [-0.3, -0.25) is 9.00 Å². The molecule has 0 aliphatic rings. The van der Waals surface area contributed by atoms with Gasteiger partial charge in [-0.1, -0.05) is 0 Å². The second-order valence-corrected chi connectivity index (χ2v) is 4.61. The summed E-state index contributed by atoms with van der Waals surface area (Å²) in [7, 11) is 0.434. The van der Waals surface area contributed by atoms with Crippen LogP contribution in [0.15, 0.2) is 29.2 Å². The zero-order valence-corrected chi connectivity index (χ0v) is 9.34. The molecule has 0 heterocycles. The third-order valence-electron chi connectivity index (χ3n) is 1.94. The molecule has 1 aromatic rings. The molecule has 1 amide bonds. The molecule has 4 nitrogen and oxygen atoms in total. The van der Waals surface area contributed by atoms with Gasteiger partial charge in [-0.05, 0) is 24.3 Å². The van der Waals surface area contributed by atoms with E-state index in [-0.39, 0.29) is 12.3 Å². The van der Waals surface area contributed by atoms with E-state index in [0.29, 0.717) is 16.3 Å². The molecular formula is C10H14N2O2S. The lowest BCUT2D eigenvalue weighted by Crippen LogP contribution is -2.19. The number of nitrogen functional groups attached to an aromatic ring is 1.